The molecule has 2 aromatic heterocycles. The quantitative estimate of drug-likeness (QED) is 0.395. The molecule has 0 fully saturated rings. The molecule has 3 aromatic rings. The third kappa shape index (κ3) is 5.31. The summed E-state index contributed by atoms with van der Waals surface area (Å²) in [6.45, 7) is 7.53. The summed E-state index contributed by atoms with van der Waals surface area (Å²) in [7, 11) is 1.57. The molecule has 0 spiro atoms. The van der Waals surface area contributed by atoms with Crippen LogP contribution in [0.2, 0.25) is 0 Å². The molecule has 0 saturated carbocycles. The first kappa shape index (κ1) is 26.3. The van der Waals surface area contributed by atoms with Gasteiger partial charge in [0.15, 0.2) is 5.78 Å². The first-order chi connectivity index (χ1) is 17.5. The third-order valence-corrected chi connectivity index (χ3v) is 8.30. The summed E-state index contributed by atoms with van der Waals surface area (Å²) < 4.78 is 7.98. The van der Waals surface area contributed by atoms with E-state index in [1.54, 1.807) is 23.8 Å². The van der Waals surface area contributed by atoms with Crippen LogP contribution in [0, 0.1) is 0 Å². The van der Waals surface area contributed by atoms with Crippen molar-refractivity contribution < 1.29 is 14.3 Å². The number of hydrogen-bond donors (Lipinski definition) is 1. The predicted molar refractivity (Wildman–Crippen MR) is 144 cm³/mol. The molecule has 0 radical (unpaired) electrons. The molecule has 0 atom stereocenters. The molecular formula is C28H35N3O4S. The van der Waals surface area contributed by atoms with Crippen LogP contribution in [0.25, 0.3) is 10.1 Å². The SMILES string of the molecule is CCN(CC)CCNC(=O)c1sc2c3c(n(CC(=O)c4ccccc4)c(=O)c2c1COC)CCCC3. The fourth-order valence-electron chi connectivity index (χ4n) is 5.03. The summed E-state index contributed by atoms with van der Waals surface area (Å²) in [6, 6.07) is 9.08. The normalized spacial score (nSPS) is 13.2. The van der Waals surface area contributed by atoms with Crippen molar-refractivity contribution in [3.63, 3.8) is 0 Å². The Labute approximate surface area is 216 Å². The van der Waals surface area contributed by atoms with Crippen LogP contribution in [-0.4, -0.2) is 54.4 Å². The highest BCUT2D eigenvalue weighted by molar-refractivity contribution is 7.21. The summed E-state index contributed by atoms with van der Waals surface area (Å²) in [5.41, 5.74) is 3.03. The Bertz CT molecular complexity index is 1290. The molecule has 36 heavy (non-hydrogen) atoms. The van der Waals surface area contributed by atoms with E-state index >= 15 is 0 Å². The molecule has 1 aliphatic carbocycles. The Morgan fingerprint density at radius 2 is 1.83 bits per heavy atom. The lowest BCUT2D eigenvalue weighted by atomic mass is 9.93. The van der Waals surface area contributed by atoms with Crippen molar-refractivity contribution in [2.45, 2.75) is 52.7 Å². The number of nitrogens with zero attached hydrogens (tertiary/aromatic N) is 2. The van der Waals surface area contributed by atoms with Gasteiger partial charge in [-0.2, -0.15) is 0 Å². The van der Waals surface area contributed by atoms with Gasteiger partial charge in [0, 0.05) is 41.7 Å². The second kappa shape index (κ2) is 12.0. The van der Waals surface area contributed by atoms with E-state index in [1.165, 1.54) is 11.3 Å². The number of carbonyl (C=O) groups is 2. The molecule has 0 bridgehead atoms. The lowest BCUT2D eigenvalue weighted by molar-refractivity contribution is 0.0945. The zero-order valence-corrected chi connectivity index (χ0v) is 22.2. The molecule has 0 saturated heterocycles. The Kier molecular flexibility index (Phi) is 8.72. The molecule has 8 heteroatoms. The van der Waals surface area contributed by atoms with Gasteiger partial charge in [0.05, 0.1) is 23.4 Å². The van der Waals surface area contributed by atoms with Crippen LogP contribution in [-0.2, 0) is 30.7 Å². The smallest absolute Gasteiger partial charge is 0.261 e. The molecular weight excluding hydrogens is 474 g/mol. The Morgan fingerprint density at radius 3 is 2.53 bits per heavy atom. The topological polar surface area (TPSA) is 80.6 Å². The van der Waals surface area contributed by atoms with Crippen molar-refractivity contribution in [2.24, 2.45) is 0 Å². The number of rotatable bonds is 11. The van der Waals surface area contributed by atoms with Crippen LogP contribution >= 0.6 is 11.3 Å². The summed E-state index contributed by atoms with van der Waals surface area (Å²) in [5.74, 6) is -0.269. The molecule has 1 amide bonds. The number of amides is 1. The average Bonchev–Trinajstić information content (AvgIpc) is 3.29. The number of ether oxygens (including phenoxy) is 1. The van der Waals surface area contributed by atoms with E-state index in [4.69, 9.17) is 4.74 Å². The number of pyridine rings is 1. The van der Waals surface area contributed by atoms with Crippen LogP contribution in [0.5, 0.6) is 0 Å². The summed E-state index contributed by atoms with van der Waals surface area (Å²) in [4.78, 5) is 43.0. The first-order valence-corrected chi connectivity index (χ1v) is 13.6. The maximum atomic E-state index is 13.9. The fraction of sp³-hybridized carbons (Fsp3) is 0.464. The number of thiophene rings is 1. The van der Waals surface area contributed by atoms with Crippen molar-refractivity contribution in [3.05, 3.63) is 67.9 Å². The molecule has 1 aliphatic rings. The lowest BCUT2D eigenvalue weighted by Gasteiger charge is -2.22. The van der Waals surface area contributed by atoms with Crippen molar-refractivity contribution in [3.8, 4) is 0 Å². The van der Waals surface area contributed by atoms with Gasteiger partial charge >= 0.3 is 0 Å². The maximum absolute atomic E-state index is 13.9. The van der Waals surface area contributed by atoms with Crippen LogP contribution in [0.15, 0.2) is 35.1 Å². The van der Waals surface area contributed by atoms with Gasteiger partial charge in [-0.25, -0.2) is 0 Å². The molecule has 2 heterocycles. The molecule has 192 valence electrons. The maximum Gasteiger partial charge on any atom is 0.261 e. The van der Waals surface area contributed by atoms with Gasteiger partial charge in [-0.15, -0.1) is 11.3 Å². The molecule has 7 nitrogen and oxygen atoms in total. The van der Waals surface area contributed by atoms with E-state index in [0.717, 1.165) is 61.3 Å². The molecule has 0 unspecified atom stereocenters. The first-order valence-electron chi connectivity index (χ1n) is 12.8. The lowest BCUT2D eigenvalue weighted by Crippen LogP contribution is -2.34. The van der Waals surface area contributed by atoms with Gasteiger partial charge in [-0.1, -0.05) is 44.2 Å². The monoisotopic (exact) mass is 509 g/mol. The van der Waals surface area contributed by atoms with Crippen molar-refractivity contribution in [1.82, 2.24) is 14.8 Å². The van der Waals surface area contributed by atoms with Crippen molar-refractivity contribution in [2.75, 3.05) is 33.3 Å². The standard InChI is InChI=1S/C28H35N3O4S/c1-4-30(5-2)16-15-29-27(33)26-21(18-35-3)24-25(36-26)20-13-9-10-14-22(20)31(28(24)34)17-23(32)19-11-7-6-8-12-19/h6-8,11-12H,4-5,9-10,13-18H2,1-3H3,(H,29,33). The number of hydrogen-bond acceptors (Lipinski definition) is 6. The van der Waals surface area contributed by atoms with Gasteiger partial charge < -0.3 is 19.5 Å². The number of methoxy groups -OCH3 is 1. The highest BCUT2D eigenvalue weighted by atomic mass is 32.1. The summed E-state index contributed by atoms with van der Waals surface area (Å²) in [6.07, 6.45) is 3.59. The van der Waals surface area contributed by atoms with E-state index in [2.05, 4.69) is 24.1 Å². The largest absolute Gasteiger partial charge is 0.380 e. The summed E-state index contributed by atoms with van der Waals surface area (Å²) >= 11 is 1.39. The minimum absolute atomic E-state index is 0.00517. The van der Waals surface area contributed by atoms with Gasteiger partial charge in [-0.3, -0.25) is 14.4 Å². The van der Waals surface area contributed by atoms with Crippen LogP contribution < -0.4 is 10.9 Å². The predicted octanol–water partition coefficient (Wildman–Crippen LogP) is 4.04. The highest BCUT2D eigenvalue weighted by Gasteiger charge is 2.28. The van der Waals surface area contributed by atoms with E-state index in [-0.39, 0.29) is 30.4 Å². The Morgan fingerprint density at radius 1 is 1.11 bits per heavy atom. The molecule has 1 N–H and O–H groups in total. The van der Waals surface area contributed by atoms with Gasteiger partial charge in [0.25, 0.3) is 11.5 Å². The summed E-state index contributed by atoms with van der Waals surface area (Å²) in [5, 5.41) is 3.56. The highest BCUT2D eigenvalue weighted by Crippen LogP contribution is 2.36. The van der Waals surface area contributed by atoms with E-state index in [0.29, 0.717) is 27.9 Å². The van der Waals surface area contributed by atoms with Crippen LogP contribution in [0.4, 0.5) is 0 Å². The number of likely N-dealkylation sites (N-methyl/N-ethyl adjacent to an activating group) is 1. The number of Topliss-reactive ketones (excluding diaryl/α,β-unsaturated/α-hetero) is 1. The van der Waals surface area contributed by atoms with Gasteiger partial charge in [-0.05, 0) is 44.3 Å². The van der Waals surface area contributed by atoms with E-state index in [9.17, 15) is 14.4 Å². The van der Waals surface area contributed by atoms with Crippen molar-refractivity contribution >= 4 is 33.1 Å². The second-order valence-corrected chi connectivity index (χ2v) is 10.2. The molecule has 1 aromatic carbocycles. The van der Waals surface area contributed by atoms with E-state index in [1.807, 2.05) is 18.2 Å². The zero-order chi connectivity index (χ0) is 25.7. The van der Waals surface area contributed by atoms with E-state index < -0.39 is 0 Å². The minimum Gasteiger partial charge on any atom is -0.380 e. The Hall–Kier alpha value is -2.81. The number of aryl methyl sites for hydroxylation is 1. The van der Waals surface area contributed by atoms with Crippen LogP contribution in [0.1, 0.15) is 63.5 Å². The average molecular weight is 510 g/mol. The zero-order valence-electron chi connectivity index (χ0n) is 21.4. The number of carbonyl (C=O) groups excluding carboxylic acids is 2. The molecule has 0 aliphatic heterocycles. The fourth-order valence-corrected chi connectivity index (χ4v) is 6.34. The number of ketones is 1. The number of nitrogens with one attached hydrogen (secondary N) is 1. The second-order valence-electron chi connectivity index (χ2n) is 9.14. The number of benzene rings is 1. The number of aromatic nitrogens is 1. The third-order valence-electron chi connectivity index (χ3n) is 7.01. The van der Waals surface area contributed by atoms with Crippen molar-refractivity contribution in [1.29, 1.82) is 0 Å². The van der Waals surface area contributed by atoms with Crippen LogP contribution in [0.3, 0.4) is 0 Å². The van der Waals surface area contributed by atoms with Gasteiger partial charge in [0.2, 0.25) is 0 Å². The molecule has 4 rings (SSSR count). The Balaban J connectivity index is 1.77. The van der Waals surface area contributed by atoms with Gasteiger partial charge in [0.1, 0.15) is 0 Å². The number of fused-ring (bicyclic) bond motifs is 3. The minimum atomic E-state index is -0.208.